The summed E-state index contributed by atoms with van der Waals surface area (Å²) in [7, 11) is 0. The summed E-state index contributed by atoms with van der Waals surface area (Å²) in [6, 6.07) is 6.92. The van der Waals surface area contributed by atoms with E-state index in [0.717, 1.165) is 37.1 Å². The lowest BCUT2D eigenvalue weighted by Crippen LogP contribution is -2.26. The molecule has 2 fully saturated rings. The van der Waals surface area contributed by atoms with Gasteiger partial charge in [0, 0.05) is 23.8 Å². The molecule has 1 aliphatic carbocycles. The van der Waals surface area contributed by atoms with Crippen molar-refractivity contribution in [1.29, 1.82) is 0 Å². The summed E-state index contributed by atoms with van der Waals surface area (Å²) in [5.41, 5.74) is 3.29. The normalized spacial score (nSPS) is 18.1. The second kappa shape index (κ2) is 6.97. The molecule has 4 nitrogen and oxygen atoms in total. The van der Waals surface area contributed by atoms with Crippen LogP contribution in [-0.4, -0.2) is 29.2 Å². The summed E-state index contributed by atoms with van der Waals surface area (Å²) >= 11 is 0. The number of ether oxygens (including phenoxy) is 1. The Morgan fingerprint density at radius 1 is 1.15 bits per heavy atom. The molecule has 1 aliphatic heterocycles. The van der Waals surface area contributed by atoms with Crippen molar-refractivity contribution in [3.8, 4) is 11.4 Å². The van der Waals surface area contributed by atoms with Crippen LogP contribution in [0.4, 0.5) is 4.39 Å². The van der Waals surface area contributed by atoms with Gasteiger partial charge in [-0.3, -0.25) is 4.98 Å². The van der Waals surface area contributed by atoms with E-state index >= 15 is 0 Å². The molecule has 0 amide bonds. The lowest BCUT2D eigenvalue weighted by atomic mass is 9.90. The third-order valence-electron chi connectivity index (χ3n) is 5.77. The van der Waals surface area contributed by atoms with Gasteiger partial charge in [0.25, 0.3) is 0 Å². The molecule has 0 spiro atoms. The maximum Gasteiger partial charge on any atom is 0.146 e. The summed E-state index contributed by atoms with van der Waals surface area (Å²) in [6.45, 7) is 2.76. The van der Waals surface area contributed by atoms with E-state index in [2.05, 4.69) is 27.1 Å². The van der Waals surface area contributed by atoms with Crippen LogP contribution in [0.15, 0.2) is 42.9 Å². The van der Waals surface area contributed by atoms with Gasteiger partial charge in [-0.1, -0.05) is 0 Å². The van der Waals surface area contributed by atoms with Crippen molar-refractivity contribution in [2.75, 3.05) is 19.7 Å². The molecular weight excluding hydrogens is 341 g/mol. The van der Waals surface area contributed by atoms with Crippen LogP contribution in [-0.2, 0) is 0 Å². The van der Waals surface area contributed by atoms with Gasteiger partial charge in [-0.2, -0.15) is 0 Å². The van der Waals surface area contributed by atoms with E-state index in [1.807, 2.05) is 18.5 Å². The van der Waals surface area contributed by atoms with Crippen molar-refractivity contribution < 1.29 is 9.13 Å². The first-order valence-corrected chi connectivity index (χ1v) is 9.88. The van der Waals surface area contributed by atoms with Crippen LogP contribution >= 0.6 is 0 Å². The lowest BCUT2D eigenvalue weighted by molar-refractivity contribution is 0.297. The molecule has 0 atom stereocenters. The van der Waals surface area contributed by atoms with Crippen molar-refractivity contribution in [3.05, 3.63) is 54.2 Å². The first-order valence-electron chi connectivity index (χ1n) is 9.88. The third kappa shape index (κ3) is 3.32. The fourth-order valence-corrected chi connectivity index (χ4v) is 4.05. The molecule has 0 bridgehead atoms. The van der Waals surface area contributed by atoms with Gasteiger partial charge in [0.1, 0.15) is 11.6 Å². The number of hydrogen-bond donors (Lipinski definition) is 1. The summed E-state index contributed by atoms with van der Waals surface area (Å²) in [5, 5.41) is 4.67. The number of hydrogen-bond acceptors (Lipinski definition) is 3. The predicted octanol–water partition coefficient (Wildman–Crippen LogP) is 4.42. The topological polar surface area (TPSA) is 39.1 Å². The van der Waals surface area contributed by atoms with Gasteiger partial charge in [-0.25, -0.2) is 4.39 Å². The Labute approximate surface area is 158 Å². The van der Waals surface area contributed by atoms with Crippen LogP contribution in [0.1, 0.15) is 37.2 Å². The maximum absolute atomic E-state index is 13.9. The maximum atomic E-state index is 13.9. The summed E-state index contributed by atoms with van der Waals surface area (Å²) in [5.74, 6) is 1.50. The monoisotopic (exact) mass is 365 g/mol. The van der Waals surface area contributed by atoms with Crippen molar-refractivity contribution in [1.82, 2.24) is 14.9 Å². The van der Waals surface area contributed by atoms with Crippen LogP contribution in [0, 0.1) is 11.7 Å². The van der Waals surface area contributed by atoms with Crippen molar-refractivity contribution in [3.63, 3.8) is 0 Å². The van der Waals surface area contributed by atoms with Crippen molar-refractivity contribution in [2.24, 2.45) is 5.92 Å². The van der Waals surface area contributed by atoms with E-state index in [0.29, 0.717) is 24.2 Å². The first-order chi connectivity index (χ1) is 13.3. The van der Waals surface area contributed by atoms with Crippen LogP contribution in [0.3, 0.4) is 0 Å². The molecule has 1 saturated carbocycles. The fraction of sp³-hybridized carbons (Fsp3) is 0.409. The Balaban J connectivity index is 1.60. The van der Waals surface area contributed by atoms with E-state index in [1.54, 1.807) is 0 Å². The Bertz CT molecular complexity index is 957. The Morgan fingerprint density at radius 3 is 2.81 bits per heavy atom. The molecule has 1 saturated heterocycles. The molecule has 5 rings (SSSR count). The number of nitrogens with one attached hydrogen (secondary N) is 1. The highest BCUT2D eigenvalue weighted by Gasteiger charge is 2.24. The largest absolute Gasteiger partial charge is 0.491 e. The quantitative estimate of drug-likeness (QED) is 0.727. The molecule has 2 aliphatic rings. The third-order valence-corrected chi connectivity index (χ3v) is 5.77. The standard InChI is InChI=1S/C22H24FN3O/c23-17-3-4-20(22(11-17)27-14-15-1-2-15)26-13-19(16-5-8-24-9-6-16)18-7-10-25-12-21(18)26/h3-4,7,10-13,15-16,24H,1-2,5-6,8-9,14H2. The van der Waals surface area contributed by atoms with Gasteiger partial charge >= 0.3 is 0 Å². The Kier molecular flexibility index (Phi) is 4.32. The van der Waals surface area contributed by atoms with Crippen LogP contribution < -0.4 is 10.1 Å². The number of piperidine rings is 1. The molecule has 1 aromatic carbocycles. The minimum absolute atomic E-state index is 0.266. The van der Waals surface area contributed by atoms with E-state index in [-0.39, 0.29) is 5.82 Å². The van der Waals surface area contributed by atoms with E-state index in [4.69, 9.17) is 4.74 Å². The number of benzene rings is 1. The van der Waals surface area contributed by atoms with E-state index < -0.39 is 0 Å². The smallest absolute Gasteiger partial charge is 0.146 e. The van der Waals surface area contributed by atoms with E-state index in [1.165, 1.54) is 35.9 Å². The number of rotatable bonds is 5. The Morgan fingerprint density at radius 2 is 2.00 bits per heavy atom. The molecule has 3 heterocycles. The molecule has 1 N–H and O–H groups in total. The number of pyridine rings is 1. The molecule has 27 heavy (non-hydrogen) atoms. The molecular formula is C22H24FN3O. The van der Waals surface area contributed by atoms with Gasteiger partial charge in [0.2, 0.25) is 0 Å². The second-order valence-electron chi connectivity index (χ2n) is 7.74. The highest BCUT2D eigenvalue weighted by molar-refractivity contribution is 5.86. The van der Waals surface area contributed by atoms with Gasteiger partial charge in [0.05, 0.1) is 24.0 Å². The second-order valence-corrected chi connectivity index (χ2v) is 7.74. The molecule has 0 unspecified atom stereocenters. The number of nitrogens with zero attached hydrogens (tertiary/aromatic N) is 2. The number of halogens is 1. The lowest BCUT2D eigenvalue weighted by Gasteiger charge is -2.22. The first kappa shape index (κ1) is 16.8. The predicted molar refractivity (Wildman–Crippen MR) is 104 cm³/mol. The molecule has 0 radical (unpaired) electrons. The summed E-state index contributed by atoms with van der Waals surface area (Å²) in [4.78, 5) is 4.34. The number of fused-ring (bicyclic) bond motifs is 1. The van der Waals surface area contributed by atoms with Crippen molar-refractivity contribution in [2.45, 2.75) is 31.6 Å². The van der Waals surface area contributed by atoms with Gasteiger partial charge in [-0.05, 0) is 74.4 Å². The average molecular weight is 365 g/mol. The molecule has 140 valence electrons. The van der Waals surface area contributed by atoms with Gasteiger partial charge < -0.3 is 14.6 Å². The summed E-state index contributed by atoms with van der Waals surface area (Å²) in [6.07, 6.45) is 10.6. The Hall–Kier alpha value is -2.40. The van der Waals surface area contributed by atoms with Crippen LogP contribution in [0.25, 0.3) is 16.6 Å². The summed E-state index contributed by atoms with van der Waals surface area (Å²) < 4.78 is 22.0. The fourth-order valence-electron chi connectivity index (χ4n) is 4.05. The van der Waals surface area contributed by atoms with Crippen LogP contribution in [0.2, 0.25) is 0 Å². The molecule has 3 aromatic rings. The SMILES string of the molecule is Fc1ccc(-n2cc(C3CCNCC3)c3ccncc32)c(OCC2CC2)c1. The highest BCUT2D eigenvalue weighted by Crippen LogP contribution is 2.37. The number of aromatic nitrogens is 2. The highest BCUT2D eigenvalue weighted by atomic mass is 19.1. The van der Waals surface area contributed by atoms with Gasteiger partial charge in [0.15, 0.2) is 0 Å². The molecule has 2 aromatic heterocycles. The zero-order chi connectivity index (χ0) is 18.2. The average Bonchev–Trinajstić information content (AvgIpc) is 3.46. The van der Waals surface area contributed by atoms with E-state index in [9.17, 15) is 4.39 Å². The van der Waals surface area contributed by atoms with Crippen LogP contribution in [0.5, 0.6) is 5.75 Å². The zero-order valence-electron chi connectivity index (χ0n) is 15.3. The minimum Gasteiger partial charge on any atom is -0.491 e. The zero-order valence-corrected chi connectivity index (χ0v) is 15.3. The van der Waals surface area contributed by atoms with Crippen molar-refractivity contribution >= 4 is 10.9 Å². The molecule has 5 heteroatoms. The minimum atomic E-state index is -0.266. The van der Waals surface area contributed by atoms with Gasteiger partial charge in [-0.15, -0.1) is 0 Å².